The maximum absolute atomic E-state index is 11.3. The molecule has 4 nitrogen and oxygen atoms in total. The molecule has 0 saturated carbocycles. The van der Waals surface area contributed by atoms with Crippen LogP contribution < -0.4 is 14.8 Å². The Labute approximate surface area is 178 Å². The zero-order valence-electron chi connectivity index (χ0n) is 15.3. The minimum atomic E-state index is -0.394. The van der Waals surface area contributed by atoms with Crippen LogP contribution in [0.3, 0.4) is 0 Å². The molecule has 146 valence electrons. The Morgan fingerprint density at radius 1 is 1.14 bits per heavy atom. The lowest BCUT2D eigenvalue weighted by Crippen LogP contribution is -2.29. The largest absolute Gasteiger partial charge is 0.493 e. The Hall–Kier alpha value is -1.88. The normalized spacial score (nSPS) is 22.2. The topological polar surface area (TPSA) is 47.6 Å². The molecule has 7 heteroatoms. The van der Waals surface area contributed by atoms with E-state index in [9.17, 15) is 4.79 Å². The van der Waals surface area contributed by atoms with E-state index in [1.165, 1.54) is 6.92 Å². The minimum Gasteiger partial charge on any atom is -0.493 e. The van der Waals surface area contributed by atoms with Gasteiger partial charge in [0.15, 0.2) is 11.5 Å². The van der Waals surface area contributed by atoms with Gasteiger partial charge in [0.1, 0.15) is 0 Å². The van der Waals surface area contributed by atoms with Gasteiger partial charge in [0, 0.05) is 18.4 Å². The molecule has 1 heterocycles. The SMILES string of the molecule is COc1cc(C2Nc3c(Cl)cc(Cl)c(Cl)c3C3C=CCC32)ccc1OC(C)=O. The minimum absolute atomic E-state index is 0.0116. The molecule has 1 aliphatic carbocycles. The van der Waals surface area contributed by atoms with Crippen molar-refractivity contribution in [2.75, 3.05) is 12.4 Å². The summed E-state index contributed by atoms with van der Waals surface area (Å²) in [6.07, 6.45) is 5.23. The van der Waals surface area contributed by atoms with Gasteiger partial charge in [0.2, 0.25) is 0 Å². The van der Waals surface area contributed by atoms with E-state index in [1.54, 1.807) is 19.2 Å². The van der Waals surface area contributed by atoms with E-state index < -0.39 is 5.97 Å². The highest BCUT2D eigenvalue weighted by Crippen LogP contribution is 2.55. The number of rotatable bonds is 3. The van der Waals surface area contributed by atoms with Crippen molar-refractivity contribution in [2.24, 2.45) is 5.92 Å². The predicted molar refractivity (Wildman–Crippen MR) is 112 cm³/mol. The molecule has 0 radical (unpaired) electrons. The molecule has 2 aromatic carbocycles. The summed E-state index contributed by atoms with van der Waals surface area (Å²) in [5, 5.41) is 5.09. The molecule has 0 bridgehead atoms. The first-order chi connectivity index (χ1) is 13.4. The molecule has 1 aliphatic heterocycles. The van der Waals surface area contributed by atoms with Crippen molar-refractivity contribution >= 4 is 46.5 Å². The van der Waals surface area contributed by atoms with E-state index in [2.05, 4.69) is 17.5 Å². The molecule has 2 aromatic rings. The zero-order chi connectivity index (χ0) is 20.0. The second-order valence-electron chi connectivity index (χ2n) is 6.92. The first-order valence-electron chi connectivity index (χ1n) is 8.87. The maximum atomic E-state index is 11.3. The van der Waals surface area contributed by atoms with Gasteiger partial charge in [-0.1, -0.05) is 53.0 Å². The number of hydrogen-bond acceptors (Lipinski definition) is 4. The number of anilines is 1. The monoisotopic (exact) mass is 437 g/mol. The molecule has 0 aromatic heterocycles. The van der Waals surface area contributed by atoms with Gasteiger partial charge in [-0.2, -0.15) is 0 Å². The molecule has 4 rings (SSSR count). The van der Waals surface area contributed by atoms with Crippen molar-refractivity contribution in [1.82, 2.24) is 0 Å². The Bertz CT molecular complexity index is 989. The Balaban J connectivity index is 1.78. The van der Waals surface area contributed by atoms with E-state index in [0.717, 1.165) is 23.2 Å². The lowest BCUT2D eigenvalue weighted by atomic mass is 9.77. The van der Waals surface area contributed by atoms with Crippen LogP contribution in [0.2, 0.25) is 15.1 Å². The van der Waals surface area contributed by atoms with Crippen LogP contribution in [0, 0.1) is 5.92 Å². The summed E-state index contributed by atoms with van der Waals surface area (Å²) in [5.41, 5.74) is 2.76. The summed E-state index contributed by atoms with van der Waals surface area (Å²) in [5.74, 6) is 0.869. The van der Waals surface area contributed by atoms with Crippen LogP contribution in [0.15, 0.2) is 36.4 Å². The molecule has 0 fully saturated rings. The van der Waals surface area contributed by atoms with Gasteiger partial charge in [-0.05, 0) is 36.1 Å². The van der Waals surface area contributed by atoms with Gasteiger partial charge in [0.05, 0.1) is 33.9 Å². The van der Waals surface area contributed by atoms with Crippen LogP contribution in [-0.4, -0.2) is 13.1 Å². The van der Waals surface area contributed by atoms with E-state index in [4.69, 9.17) is 44.3 Å². The fraction of sp³-hybridized carbons (Fsp3) is 0.286. The van der Waals surface area contributed by atoms with Gasteiger partial charge >= 0.3 is 5.97 Å². The quantitative estimate of drug-likeness (QED) is 0.260. The molecule has 3 unspecified atom stereocenters. The first kappa shape index (κ1) is 19.4. The molecular formula is C21H18Cl3NO3. The number of fused-ring (bicyclic) bond motifs is 3. The number of methoxy groups -OCH3 is 1. The lowest BCUT2D eigenvalue weighted by molar-refractivity contribution is -0.132. The number of allylic oxidation sites excluding steroid dienone is 2. The van der Waals surface area contributed by atoms with Crippen LogP contribution >= 0.6 is 34.8 Å². The van der Waals surface area contributed by atoms with Gasteiger partial charge in [0.25, 0.3) is 0 Å². The third-order valence-corrected chi connectivity index (χ3v) is 6.38. The van der Waals surface area contributed by atoms with Crippen molar-refractivity contribution < 1.29 is 14.3 Å². The summed E-state index contributed by atoms with van der Waals surface area (Å²) >= 11 is 19.3. The molecule has 0 saturated heterocycles. The number of ether oxygens (including phenoxy) is 2. The summed E-state index contributed by atoms with van der Waals surface area (Å²) in [7, 11) is 1.55. The molecule has 2 aliphatic rings. The van der Waals surface area contributed by atoms with E-state index >= 15 is 0 Å². The van der Waals surface area contributed by atoms with Gasteiger partial charge in [-0.25, -0.2) is 0 Å². The molecule has 1 N–H and O–H groups in total. The number of carbonyl (C=O) groups is 1. The van der Waals surface area contributed by atoms with Crippen LogP contribution in [0.1, 0.15) is 36.4 Å². The molecular weight excluding hydrogens is 421 g/mol. The first-order valence-corrected chi connectivity index (χ1v) is 10.0. The molecule has 0 amide bonds. The van der Waals surface area contributed by atoms with Crippen molar-refractivity contribution in [1.29, 1.82) is 0 Å². The summed E-state index contributed by atoms with van der Waals surface area (Å²) in [6, 6.07) is 7.23. The van der Waals surface area contributed by atoms with Crippen molar-refractivity contribution in [3.63, 3.8) is 0 Å². The van der Waals surface area contributed by atoms with Crippen LogP contribution in [-0.2, 0) is 4.79 Å². The van der Waals surface area contributed by atoms with Gasteiger partial charge in [-0.3, -0.25) is 4.79 Å². The Morgan fingerprint density at radius 3 is 2.64 bits per heavy atom. The summed E-state index contributed by atoms with van der Waals surface area (Å²) < 4.78 is 10.7. The third-order valence-electron chi connectivity index (χ3n) is 5.28. The fourth-order valence-corrected chi connectivity index (χ4v) is 4.92. The number of halogens is 3. The number of benzene rings is 2. The van der Waals surface area contributed by atoms with E-state index in [1.807, 2.05) is 12.1 Å². The lowest BCUT2D eigenvalue weighted by Gasteiger charge is -2.38. The summed E-state index contributed by atoms with van der Waals surface area (Å²) in [6.45, 7) is 1.36. The second-order valence-corrected chi connectivity index (χ2v) is 8.11. The van der Waals surface area contributed by atoms with Crippen LogP contribution in [0.4, 0.5) is 5.69 Å². The van der Waals surface area contributed by atoms with E-state index in [0.29, 0.717) is 26.6 Å². The Morgan fingerprint density at radius 2 is 1.93 bits per heavy atom. The van der Waals surface area contributed by atoms with Gasteiger partial charge < -0.3 is 14.8 Å². The van der Waals surface area contributed by atoms with Crippen molar-refractivity contribution in [3.8, 4) is 11.5 Å². The van der Waals surface area contributed by atoms with E-state index in [-0.39, 0.29) is 17.9 Å². The third kappa shape index (κ3) is 3.24. The van der Waals surface area contributed by atoms with Crippen LogP contribution in [0.25, 0.3) is 0 Å². The number of nitrogens with one attached hydrogen (secondary N) is 1. The molecule has 28 heavy (non-hydrogen) atoms. The summed E-state index contributed by atoms with van der Waals surface area (Å²) in [4.78, 5) is 11.3. The Kier molecular flexibility index (Phi) is 5.21. The molecule has 3 atom stereocenters. The van der Waals surface area contributed by atoms with Crippen LogP contribution in [0.5, 0.6) is 11.5 Å². The fourth-order valence-electron chi connectivity index (χ4n) is 4.11. The number of hydrogen-bond donors (Lipinski definition) is 1. The predicted octanol–water partition coefficient (Wildman–Crippen LogP) is 6.41. The average Bonchev–Trinajstić information content (AvgIpc) is 3.14. The van der Waals surface area contributed by atoms with Crippen molar-refractivity contribution in [3.05, 3.63) is 62.6 Å². The second kappa shape index (κ2) is 7.51. The smallest absolute Gasteiger partial charge is 0.308 e. The zero-order valence-corrected chi connectivity index (χ0v) is 17.5. The standard InChI is InChI=1S/C21H18Cl3NO3/c1-10(26)28-16-7-6-11(8-17(16)27-2)20-13-5-3-4-12(13)18-19(24)14(22)9-15(23)21(18)25-20/h3-4,6-9,12-13,20,25H,5H2,1-2H3. The number of carbonyl (C=O) groups excluding carboxylic acids is 1. The highest BCUT2D eigenvalue weighted by atomic mass is 35.5. The van der Waals surface area contributed by atoms with Crippen molar-refractivity contribution in [2.45, 2.75) is 25.3 Å². The number of esters is 1. The highest BCUT2D eigenvalue weighted by Gasteiger charge is 2.40. The highest BCUT2D eigenvalue weighted by molar-refractivity contribution is 6.44. The average molecular weight is 439 g/mol. The maximum Gasteiger partial charge on any atom is 0.308 e. The molecule has 0 spiro atoms. The van der Waals surface area contributed by atoms with Gasteiger partial charge in [-0.15, -0.1) is 0 Å².